The van der Waals surface area contributed by atoms with Crippen LogP contribution >= 0.6 is 12.4 Å². The van der Waals surface area contributed by atoms with Crippen molar-refractivity contribution in [2.24, 2.45) is 5.73 Å². The van der Waals surface area contributed by atoms with E-state index in [9.17, 15) is 4.79 Å². The fraction of sp³-hybridized carbons (Fsp3) is 0.533. The molecule has 0 fully saturated rings. The summed E-state index contributed by atoms with van der Waals surface area (Å²) in [6, 6.07) is 6.12. The van der Waals surface area contributed by atoms with Gasteiger partial charge in [-0.1, -0.05) is 12.1 Å². The molecule has 4 nitrogen and oxygen atoms in total. The number of nitrogens with zero attached hydrogens (tertiary/aromatic N) is 1. The maximum atomic E-state index is 11.9. The van der Waals surface area contributed by atoms with E-state index in [4.69, 9.17) is 10.5 Å². The Kier molecular flexibility index (Phi) is 8.26. The molecule has 1 unspecified atom stereocenters. The number of rotatable bonds is 6. The summed E-state index contributed by atoms with van der Waals surface area (Å²) in [7, 11) is 1.78. The number of halogens is 1. The summed E-state index contributed by atoms with van der Waals surface area (Å²) >= 11 is 0. The van der Waals surface area contributed by atoms with Crippen LogP contribution in [-0.4, -0.2) is 37.0 Å². The lowest BCUT2D eigenvalue weighted by Crippen LogP contribution is -2.40. The fourth-order valence-corrected chi connectivity index (χ4v) is 1.69. The number of ether oxygens (including phenoxy) is 1. The Bertz CT molecular complexity index is 438. The largest absolute Gasteiger partial charge is 0.493 e. The zero-order valence-corrected chi connectivity index (χ0v) is 13.5. The molecule has 1 aromatic carbocycles. The second-order valence-electron chi connectivity index (χ2n) is 4.96. The minimum Gasteiger partial charge on any atom is -0.493 e. The molecule has 1 aromatic rings. The van der Waals surface area contributed by atoms with E-state index in [2.05, 4.69) is 0 Å². The average Bonchev–Trinajstić information content (AvgIpc) is 2.40. The van der Waals surface area contributed by atoms with Crippen LogP contribution in [0.2, 0.25) is 0 Å². The van der Waals surface area contributed by atoms with Gasteiger partial charge in [0, 0.05) is 19.6 Å². The lowest BCUT2D eigenvalue weighted by Gasteiger charge is -2.23. The number of hydrogen-bond donors (Lipinski definition) is 1. The Morgan fingerprint density at radius 1 is 1.40 bits per heavy atom. The maximum absolute atomic E-state index is 11.9. The van der Waals surface area contributed by atoms with Crippen molar-refractivity contribution in [3.05, 3.63) is 29.3 Å². The van der Waals surface area contributed by atoms with Crippen LogP contribution < -0.4 is 10.5 Å². The molecule has 1 rings (SSSR count). The topological polar surface area (TPSA) is 55.6 Å². The fourth-order valence-electron chi connectivity index (χ4n) is 1.69. The standard InChI is InChI=1S/C15H24N2O2.ClH/c1-11-5-6-12(2)14(9-11)19-8-7-15(18)17(4)13(3)10-16;/h5-6,9,13H,7-8,10,16H2,1-4H3;1H. The summed E-state index contributed by atoms with van der Waals surface area (Å²) in [5.41, 5.74) is 7.78. The maximum Gasteiger partial charge on any atom is 0.226 e. The zero-order valence-electron chi connectivity index (χ0n) is 12.7. The molecule has 1 amide bonds. The van der Waals surface area contributed by atoms with Gasteiger partial charge in [-0.05, 0) is 38.0 Å². The summed E-state index contributed by atoms with van der Waals surface area (Å²) < 4.78 is 5.67. The van der Waals surface area contributed by atoms with E-state index in [1.165, 1.54) is 0 Å². The molecule has 0 saturated carbocycles. The Hall–Kier alpha value is -1.26. The highest BCUT2D eigenvalue weighted by Crippen LogP contribution is 2.19. The third-order valence-electron chi connectivity index (χ3n) is 3.31. The zero-order chi connectivity index (χ0) is 14.4. The van der Waals surface area contributed by atoms with Gasteiger partial charge in [-0.2, -0.15) is 0 Å². The minimum absolute atomic E-state index is 0. The van der Waals surface area contributed by atoms with Crippen molar-refractivity contribution in [2.75, 3.05) is 20.2 Å². The summed E-state index contributed by atoms with van der Waals surface area (Å²) in [6.45, 7) is 6.82. The number of carbonyl (C=O) groups is 1. The first-order valence-electron chi connectivity index (χ1n) is 6.61. The van der Waals surface area contributed by atoms with Crippen molar-refractivity contribution >= 4 is 18.3 Å². The highest BCUT2D eigenvalue weighted by atomic mass is 35.5. The molecule has 2 N–H and O–H groups in total. The van der Waals surface area contributed by atoms with Crippen LogP contribution in [0.4, 0.5) is 0 Å². The third kappa shape index (κ3) is 5.39. The second kappa shape index (κ2) is 8.82. The van der Waals surface area contributed by atoms with Gasteiger partial charge in [-0.3, -0.25) is 4.79 Å². The summed E-state index contributed by atoms with van der Waals surface area (Å²) in [5, 5.41) is 0. The average molecular weight is 301 g/mol. The molecule has 5 heteroatoms. The number of hydrogen-bond acceptors (Lipinski definition) is 3. The van der Waals surface area contributed by atoms with Gasteiger partial charge in [-0.25, -0.2) is 0 Å². The molecule has 0 aliphatic rings. The van der Waals surface area contributed by atoms with Crippen LogP contribution in [0.25, 0.3) is 0 Å². The van der Waals surface area contributed by atoms with Crippen molar-refractivity contribution in [3.8, 4) is 5.75 Å². The molecular formula is C15H25ClN2O2. The van der Waals surface area contributed by atoms with Gasteiger partial charge < -0.3 is 15.4 Å². The first kappa shape index (κ1) is 18.7. The van der Waals surface area contributed by atoms with Gasteiger partial charge in [0.05, 0.1) is 13.0 Å². The number of carbonyl (C=O) groups excluding carboxylic acids is 1. The molecule has 0 aliphatic carbocycles. The molecule has 114 valence electrons. The Morgan fingerprint density at radius 2 is 2.05 bits per heavy atom. The predicted octanol–water partition coefficient (Wildman–Crippen LogP) is 2.30. The van der Waals surface area contributed by atoms with Gasteiger partial charge >= 0.3 is 0 Å². The monoisotopic (exact) mass is 300 g/mol. The van der Waals surface area contributed by atoms with Crippen LogP contribution in [-0.2, 0) is 4.79 Å². The lowest BCUT2D eigenvalue weighted by atomic mass is 10.1. The Labute approximate surface area is 127 Å². The molecule has 1 atom stereocenters. The van der Waals surface area contributed by atoms with E-state index < -0.39 is 0 Å². The van der Waals surface area contributed by atoms with E-state index in [-0.39, 0.29) is 24.4 Å². The van der Waals surface area contributed by atoms with Crippen LogP contribution in [0, 0.1) is 13.8 Å². The second-order valence-corrected chi connectivity index (χ2v) is 4.96. The lowest BCUT2D eigenvalue weighted by molar-refractivity contribution is -0.132. The molecule has 0 heterocycles. The molecule has 0 spiro atoms. The van der Waals surface area contributed by atoms with Crippen molar-refractivity contribution in [2.45, 2.75) is 33.2 Å². The number of likely N-dealkylation sites (N-methyl/N-ethyl adjacent to an activating group) is 1. The van der Waals surface area contributed by atoms with Crippen LogP contribution in [0.5, 0.6) is 5.75 Å². The highest BCUT2D eigenvalue weighted by Gasteiger charge is 2.14. The third-order valence-corrected chi connectivity index (χ3v) is 3.31. The number of nitrogens with two attached hydrogens (primary N) is 1. The molecule has 0 aromatic heterocycles. The molecule has 20 heavy (non-hydrogen) atoms. The van der Waals surface area contributed by atoms with Crippen LogP contribution in [0.1, 0.15) is 24.5 Å². The van der Waals surface area contributed by atoms with Gasteiger partial charge in [0.25, 0.3) is 0 Å². The summed E-state index contributed by atoms with van der Waals surface area (Å²) in [5.74, 6) is 0.908. The molecule has 0 radical (unpaired) electrons. The Morgan fingerprint density at radius 3 is 2.65 bits per heavy atom. The Balaban J connectivity index is 0.00000361. The van der Waals surface area contributed by atoms with E-state index in [0.29, 0.717) is 19.6 Å². The van der Waals surface area contributed by atoms with Gasteiger partial charge in [-0.15, -0.1) is 12.4 Å². The summed E-state index contributed by atoms with van der Waals surface area (Å²) in [6.07, 6.45) is 0.369. The molecular weight excluding hydrogens is 276 g/mol. The predicted molar refractivity (Wildman–Crippen MR) is 84.6 cm³/mol. The summed E-state index contributed by atoms with van der Waals surface area (Å²) in [4.78, 5) is 13.5. The van der Waals surface area contributed by atoms with Crippen LogP contribution in [0.15, 0.2) is 18.2 Å². The van der Waals surface area contributed by atoms with Gasteiger partial charge in [0.15, 0.2) is 0 Å². The van der Waals surface area contributed by atoms with Crippen LogP contribution in [0.3, 0.4) is 0 Å². The normalized spacial score (nSPS) is 11.4. The van der Waals surface area contributed by atoms with Gasteiger partial charge in [0.1, 0.15) is 5.75 Å². The smallest absolute Gasteiger partial charge is 0.226 e. The van der Waals surface area contributed by atoms with Crippen molar-refractivity contribution in [1.29, 1.82) is 0 Å². The van der Waals surface area contributed by atoms with E-state index >= 15 is 0 Å². The minimum atomic E-state index is 0. The number of amides is 1. The van der Waals surface area contributed by atoms with E-state index in [1.54, 1.807) is 11.9 Å². The van der Waals surface area contributed by atoms with Crippen molar-refractivity contribution in [1.82, 2.24) is 4.90 Å². The number of benzene rings is 1. The molecule has 0 saturated heterocycles. The quantitative estimate of drug-likeness (QED) is 0.877. The van der Waals surface area contributed by atoms with Crippen molar-refractivity contribution < 1.29 is 9.53 Å². The first-order chi connectivity index (χ1) is 8.95. The molecule has 0 aliphatic heterocycles. The highest BCUT2D eigenvalue weighted by molar-refractivity contribution is 5.85. The van der Waals surface area contributed by atoms with E-state index in [0.717, 1.165) is 16.9 Å². The van der Waals surface area contributed by atoms with Gasteiger partial charge in [0.2, 0.25) is 5.91 Å². The van der Waals surface area contributed by atoms with E-state index in [1.807, 2.05) is 39.0 Å². The number of aryl methyl sites for hydroxylation is 2. The SMILES string of the molecule is Cc1ccc(C)c(OCCC(=O)N(C)C(C)CN)c1.Cl. The first-order valence-corrected chi connectivity index (χ1v) is 6.61. The van der Waals surface area contributed by atoms with Crippen molar-refractivity contribution in [3.63, 3.8) is 0 Å². The molecule has 0 bridgehead atoms.